The highest BCUT2D eigenvalue weighted by Crippen LogP contribution is 2.39. The second kappa shape index (κ2) is 8.14. The molecule has 2 aromatic carbocycles. The van der Waals surface area contributed by atoms with Crippen molar-refractivity contribution in [2.75, 3.05) is 24.4 Å². The van der Waals surface area contributed by atoms with E-state index in [9.17, 15) is 9.59 Å². The molecule has 2 N–H and O–H groups in total. The Hall–Kier alpha value is -2.67. The number of hydrogen-bond acceptors (Lipinski definition) is 5. The first-order valence-electron chi connectivity index (χ1n) is 8.27. The van der Waals surface area contributed by atoms with Gasteiger partial charge in [0.15, 0.2) is 0 Å². The maximum atomic E-state index is 12.3. The molecule has 1 aliphatic heterocycles. The Balaban J connectivity index is 1.64. The molecule has 1 atom stereocenters. The van der Waals surface area contributed by atoms with E-state index in [0.717, 1.165) is 16.3 Å². The van der Waals surface area contributed by atoms with E-state index in [1.807, 2.05) is 25.1 Å². The highest BCUT2D eigenvalue weighted by molar-refractivity contribution is 8.01. The van der Waals surface area contributed by atoms with Crippen molar-refractivity contribution in [3.05, 3.63) is 42.5 Å². The molecule has 0 bridgehead atoms. The lowest BCUT2D eigenvalue weighted by atomic mass is 10.2. The third kappa shape index (κ3) is 4.29. The average Bonchev–Trinajstić information content (AvgIpc) is 2.63. The van der Waals surface area contributed by atoms with Crippen LogP contribution in [0.15, 0.2) is 47.4 Å². The number of amides is 2. The summed E-state index contributed by atoms with van der Waals surface area (Å²) < 4.78 is 10.6. The van der Waals surface area contributed by atoms with Crippen LogP contribution in [0.4, 0.5) is 11.4 Å². The molecule has 0 saturated heterocycles. The van der Waals surface area contributed by atoms with Gasteiger partial charge in [-0.15, -0.1) is 11.8 Å². The van der Waals surface area contributed by atoms with Gasteiger partial charge in [0.25, 0.3) is 0 Å². The summed E-state index contributed by atoms with van der Waals surface area (Å²) in [6.45, 7) is 2.49. The Labute approximate surface area is 156 Å². The predicted octanol–water partition coefficient (Wildman–Crippen LogP) is 3.54. The molecule has 26 heavy (non-hydrogen) atoms. The number of fused-ring (bicyclic) bond motifs is 1. The Morgan fingerprint density at radius 1 is 1.19 bits per heavy atom. The molecule has 0 unspecified atom stereocenters. The lowest BCUT2D eigenvalue weighted by Crippen LogP contribution is -2.32. The van der Waals surface area contributed by atoms with E-state index < -0.39 is 5.25 Å². The van der Waals surface area contributed by atoms with E-state index in [1.165, 1.54) is 11.8 Å². The van der Waals surface area contributed by atoms with Crippen LogP contribution in [0.3, 0.4) is 0 Å². The highest BCUT2D eigenvalue weighted by atomic mass is 32.2. The number of carbonyl (C=O) groups excluding carboxylic acids is 2. The minimum Gasteiger partial charge on any atom is -0.497 e. The Kier molecular flexibility index (Phi) is 5.68. The summed E-state index contributed by atoms with van der Waals surface area (Å²) in [4.78, 5) is 25.5. The van der Waals surface area contributed by atoms with Crippen molar-refractivity contribution in [1.82, 2.24) is 0 Å². The zero-order chi connectivity index (χ0) is 18.5. The van der Waals surface area contributed by atoms with Gasteiger partial charge < -0.3 is 20.1 Å². The number of hydrogen-bond donors (Lipinski definition) is 2. The van der Waals surface area contributed by atoms with Crippen molar-refractivity contribution in [2.24, 2.45) is 0 Å². The summed E-state index contributed by atoms with van der Waals surface area (Å²) in [7, 11) is 1.58. The molecule has 2 amide bonds. The van der Waals surface area contributed by atoms with Crippen LogP contribution >= 0.6 is 11.8 Å². The molecular weight excluding hydrogens is 352 g/mol. The SMILES string of the molecule is CCOc1ccc2c(c1)S[C@@H](CC(=O)Nc1ccc(OC)cc1)C(=O)N2. The van der Waals surface area contributed by atoms with E-state index in [2.05, 4.69) is 10.6 Å². The van der Waals surface area contributed by atoms with Gasteiger partial charge >= 0.3 is 0 Å². The van der Waals surface area contributed by atoms with Gasteiger partial charge in [0.05, 0.1) is 24.7 Å². The van der Waals surface area contributed by atoms with Gasteiger partial charge in [-0.05, 0) is 49.4 Å². The predicted molar refractivity (Wildman–Crippen MR) is 102 cm³/mol. The molecule has 0 aromatic heterocycles. The van der Waals surface area contributed by atoms with Gasteiger partial charge in [0.2, 0.25) is 11.8 Å². The van der Waals surface area contributed by atoms with E-state index in [0.29, 0.717) is 18.0 Å². The van der Waals surface area contributed by atoms with Gasteiger partial charge in [0.1, 0.15) is 11.5 Å². The normalized spacial score (nSPS) is 15.6. The van der Waals surface area contributed by atoms with Gasteiger partial charge in [-0.2, -0.15) is 0 Å². The number of nitrogens with one attached hydrogen (secondary N) is 2. The van der Waals surface area contributed by atoms with Crippen LogP contribution in [-0.2, 0) is 9.59 Å². The molecule has 0 spiro atoms. The van der Waals surface area contributed by atoms with Crippen molar-refractivity contribution >= 4 is 35.0 Å². The Morgan fingerprint density at radius 2 is 1.92 bits per heavy atom. The third-order valence-corrected chi connectivity index (χ3v) is 5.09. The number of ether oxygens (including phenoxy) is 2. The minimum atomic E-state index is -0.488. The van der Waals surface area contributed by atoms with Crippen molar-refractivity contribution < 1.29 is 19.1 Å². The highest BCUT2D eigenvalue weighted by Gasteiger charge is 2.29. The molecule has 1 aliphatic rings. The second-order valence-corrected chi connectivity index (χ2v) is 6.91. The molecule has 0 fully saturated rings. The fraction of sp³-hybridized carbons (Fsp3) is 0.263. The smallest absolute Gasteiger partial charge is 0.238 e. The van der Waals surface area contributed by atoms with Crippen molar-refractivity contribution in [3.63, 3.8) is 0 Å². The lowest BCUT2D eigenvalue weighted by Gasteiger charge is -2.24. The average molecular weight is 372 g/mol. The summed E-state index contributed by atoms with van der Waals surface area (Å²) in [5.74, 6) is 1.08. The number of carbonyl (C=O) groups is 2. The van der Waals surface area contributed by atoms with Crippen LogP contribution in [0.5, 0.6) is 11.5 Å². The number of methoxy groups -OCH3 is 1. The Bertz CT molecular complexity index is 808. The lowest BCUT2D eigenvalue weighted by molar-refractivity contribution is -0.120. The first-order chi connectivity index (χ1) is 12.6. The fourth-order valence-corrected chi connectivity index (χ4v) is 3.71. The summed E-state index contributed by atoms with van der Waals surface area (Å²) in [5, 5.41) is 5.17. The Morgan fingerprint density at radius 3 is 2.62 bits per heavy atom. The third-order valence-electron chi connectivity index (χ3n) is 3.83. The van der Waals surface area contributed by atoms with Crippen molar-refractivity contribution in [2.45, 2.75) is 23.5 Å². The molecule has 7 heteroatoms. The van der Waals surface area contributed by atoms with Gasteiger partial charge in [-0.25, -0.2) is 0 Å². The minimum absolute atomic E-state index is 0.0842. The summed E-state index contributed by atoms with van der Waals surface area (Å²) >= 11 is 1.38. The van der Waals surface area contributed by atoms with Gasteiger partial charge in [0, 0.05) is 17.0 Å². The van der Waals surface area contributed by atoms with Crippen LogP contribution in [0, 0.1) is 0 Å². The number of rotatable bonds is 6. The molecule has 0 aliphatic carbocycles. The van der Waals surface area contributed by atoms with Crippen LogP contribution in [-0.4, -0.2) is 30.8 Å². The molecule has 0 radical (unpaired) electrons. The first kappa shape index (κ1) is 18.1. The number of anilines is 2. The van der Waals surface area contributed by atoms with E-state index in [4.69, 9.17) is 9.47 Å². The second-order valence-electron chi connectivity index (χ2n) is 5.67. The number of thioether (sulfide) groups is 1. The standard InChI is InChI=1S/C19H20N2O4S/c1-3-25-14-8-9-15-16(10-14)26-17(19(23)21-15)11-18(22)20-12-4-6-13(24-2)7-5-12/h4-10,17H,3,11H2,1-2H3,(H,20,22)(H,21,23)/t17-/m0/s1. The number of benzene rings is 2. The molecule has 1 heterocycles. The topological polar surface area (TPSA) is 76.7 Å². The van der Waals surface area contributed by atoms with Crippen LogP contribution in [0.2, 0.25) is 0 Å². The maximum Gasteiger partial charge on any atom is 0.238 e. The van der Waals surface area contributed by atoms with Crippen LogP contribution in [0.25, 0.3) is 0 Å². The monoisotopic (exact) mass is 372 g/mol. The molecular formula is C19H20N2O4S. The zero-order valence-corrected chi connectivity index (χ0v) is 15.4. The van der Waals surface area contributed by atoms with Crippen molar-refractivity contribution in [1.29, 1.82) is 0 Å². The van der Waals surface area contributed by atoms with Gasteiger partial charge in [-0.3, -0.25) is 9.59 Å². The van der Waals surface area contributed by atoms with Crippen molar-refractivity contribution in [3.8, 4) is 11.5 Å². The molecule has 0 saturated carbocycles. The van der Waals surface area contributed by atoms with Crippen LogP contribution in [0.1, 0.15) is 13.3 Å². The largest absolute Gasteiger partial charge is 0.497 e. The van der Waals surface area contributed by atoms with E-state index in [-0.39, 0.29) is 18.2 Å². The maximum absolute atomic E-state index is 12.3. The van der Waals surface area contributed by atoms with E-state index in [1.54, 1.807) is 31.4 Å². The summed E-state index contributed by atoms with van der Waals surface area (Å²) in [6, 6.07) is 12.6. The fourth-order valence-electron chi connectivity index (χ4n) is 2.57. The molecule has 3 rings (SSSR count). The molecule has 6 nitrogen and oxygen atoms in total. The molecule has 2 aromatic rings. The zero-order valence-electron chi connectivity index (χ0n) is 14.6. The summed E-state index contributed by atoms with van der Waals surface area (Å²) in [5.41, 5.74) is 1.41. The first-order valence-corrected chi connectivity index (χ1v) is 9.15. The molecule has 136 valence electrons. The van der Waals surface area contributed by atoms with E-state index >= 15 is 0 Å². The van der Waals surface area contributed by atoms with Crippen LogP contribution < -0.4 is 20.1 Å². The quantitative estimate of drug-likeness (QED) is 0.811. The summed E-state index contributed by atoms with van der Waals surface area (Å²) in [6.07, 6.45) is 0.0842. The van der Waals surface area contributed by atoms with Gasteiger partial charge in [-0.1, -0.05) is 0 Å².